The van der Waals surface area contributed by atoms with Crippen LogP contribution in [0.25, 0.3) is 22.3 Å². The number of benzene rings is 2. The van der Waals surface area contributed by atoms with E-state index in [-0.39, 0.29) is 5.57 Å². The van der Waals surface area contributed by atoms with Crippen molar-refractivity contribution in [3.63, 3.8) is 0 Å². The molecule has 4 nitrogen and oxygen atoms in total. The van der Waals surface area contributed by atoms with Crippen molar-refractivity contribution in [2.45, 2.75) is 0 Å². The first-order chi connectivity index (χ1) is 9.68. The fraction of sp³-hybridized carbons (Fsp3) is 0. The van der Waals surface area contributed by atoms with Gasteiger partial charge in [-0.2, -0.15) is 0 Å². The molecule has 0 amide bonds. The summed E-state index contributed by atoms with van der Waals surface area (Å²) in [4.78, 5) is 15.6. The lowest BCUT2D eigenvalue weighted by atomic mass is 10.2. The minimum absolute atomic E-state index is 0.0231. The molecule has 3 rings (SSSR count). The molecule has 98 valence electrons. The van der Waals surface area contributed by atoms with Crippen molar-refractivity contribution in [1.29, 1.82) is 0 Å². The molecule has 4 heteroatoms. The van der Waals surface area contributed by atoms with E-state index in [1.807, 2.05) is 59.2 Å². The fourth-order valence-corrected chi connectivity index (χ4v) is 2.16. The molecule has 0 radical (unpaired) electrons. The maximum absolute atomic E-state index is 11.2. The van der Waals surface area contributed by atoms with Gasteiger partial charge in [0.05, 0.1) is 16.6 Å². The van der Waals surface area contributed by atoms with Crippen LogP contribution in [0.3, 0.4) is 0 Å². The lowest BCUT2D eigenvalue weighted by Gasteiger charge is -2.08. The SMILES string of the molecule is C=C(C(=O)O)c1nc2ccccc2n1-c1ccccc1. The van der Waals surface area contributed by atoms with Gasteiger partial charge in [0.25, 0.3) is 0 Å². The molecule has 0 atom stereocenters. The number of para-hydroxylation sites is 3. The largest absolute Gasteiger partial charge is 0.478 e. The highest BCUT2D eigenvalue weighted by atomic mass is 16.4. The second-order valence-electron chi connectivity index (χ2n) is 4.38. The van der Waals surface area contributed by atoms with Gasteiger partial charge in [-0.15, -0.1) is 0 Å². The highest BCUT2D eigenvalue weighted by molar-refractivity contribution is 6.14. The maximum atomic E-state index is 11.2. The zero-order valence-electron chi connectivity index (χ0n) is 10.7. The van der Waals surface area contributed by atoms with E-state index in [4.69, 9.17) is 0 Å². The second-order valence-corrected chi connectivity index (χ2v) is 4.38. The van der Waals surface area contributed by atoms with Crippen LogP contribution in [-0.2, 0) is 4.79 Å². The summed E-state index contributed by atoms with van der Waals surface area (Å²) in [5.74, 6) is -0.720. The molecule has 0 saturated carbocycles. The third kappa shape index (κ3) is 1.87. The monoisotopic (exact) mass is 264 g/mol. The van der Waals surface area contributed by atoms with Gasteiger partial charge < -0.3 is 5.11 Å². The Hall–Kier alpha value is -2.88. The minimum Gasteiger partial charge on any atom is -0.478 e. The van der Waals surface area contributed by atoms with E-state index in [2.05, 4.69) is 11.6 Å². The quantitative estimate of drug-likeness (QED) is 0.739. The van der Waals surface area contributed by atoms with Gasteiger partial charge in [-0.05, 0) is 24.3 Å². The summed E-state index contributed by atoms with van der Waals surface area (Å²) < 4.78 is 1.81. The predicted octanol–water partition coefficient (Wildman–Crippen LogP) is 3.12. The number of imidazole rings is 1. The zero-order valence-corrected chi connectivity index (χ0v) is 10.7. The molecule has 3 aromatic rings. The number of fused-ring (bicyclic) bond motifs is 1. The lowest BCUT2D eigenvalue weighted by Crippen LogP contribution is -2.06. The Labute approximate surface area is 115 Å². The summed E-state index contributed by atoms with van der Waals surface area (Å²) >= 11 is 0. The van der Waals surface area contributed by atoms with Crippen molar-refractivity contribution >= 4 is 22.6 Å². The normalized spacial score (nSPS) is 10.6. The highest BCUT2D eigenvalue weighted by Crippen LogP contribution is 2.25. The van der Waals surface area contributed by atoms with Gasteiger partial charge in [0, 0.05) is 5.69 Å². The molecule has 2 aromatic carbocycles. The minimum atomic E-state index is -1.07. The number of hydrogen-bond donors (Lipinski definition) is 1. The summed E-state index contributed by atoms with van der Waals surface area (Å²) in [6.45, 7) is 3.62. The highest BCUT2D eigenvalue weighted by Gasteiger charge is 2.18. The third-order valence-corrected chi connectivity index (χ3v) is 3.10. The molecule has 0 fully saturated rings. The van der Waals surface area contributed by atoms with Crippen LogP contribution in [0.5, 0.6) is 0 Å². The average Bonchev–Trinajstić information content (AvgIpc) is 2.86. The summed E-state index contributed by atoms with van der Waals surface area (Å²) in [6.07, 6.45) is 0. The molecule has 20 heavy (non-hydrogen) atoms. The van der Waals surface area contributed by atoms with Crippen LogP contribution in [0.2, 0.25) is 0 Å². The smallest absolute Gasteiger partial charge is 0.338 e. The molecule has 0 aliphatic rings. The van der Waals surface area contributed by atoms with Crippen LogP contribution in [0.15, 0.2) is 61.2 Å². The van der Waals surface area contributed by atoms with E-state index in [0.717, 1.165) is 16.7 Å². The summed E-state index contributed by atoms with van der Waals surface area (Å²) in [7, 11) is 0. The Morgan fingerprint density at radius 3 is 2.40 bits per heavy atom. The number of hydrogen-bond acceptors (Lipinski definition) is 2. The molecule has 0 aliphatic heterocycles. The third-order valence-electron chi connectivity index (χ3n) is 3.10. The van der Waals surface area contributed by atoms with E-state index in [9.17, 15) is 9.90 Å². The number of carboxylic acids is 1. The van der Waals surface area contributed by atoms with Crippen molar-refractivity contribution < 1.29 is 9.90 Å². The number of carboxylic acid groups (broad SMARTS) is 1. The fourth-order valence-electron chi connectivity index (χ4n) is 2.16. The van der Waals surface area contributed by atoms with E-state index >= 15 is 0 Å². The topological polar surface area (TPSA) is 55.1 Å². The molecule has 0 saturated heterocycles. The van der Waals surface area contributed by atoms with Crippen LogP contribution in [0.4, 0.5) is 0 Å². The van der Waals surface area contributed by atoms with Crippen molar-refractivity contribution in [3.8, 4) is 5.69 Å². The van der Waals surface area contributed by atoms with Gasteiger partial charge >= 0.3 is 5.97 Å². The number of rotatable bonds is 3. The van der Waals surface area contributed by atoms with Crippen LogP contribution < -0.4 is 0 Å². The standard InChI is InChI=1S/C16H12N2O2/c1-11(16(19)20)15-17-13-9-5-6-10-14(13)18(15)12-7-3-2-4-8-12/h2-10H,1H2,(H,19,20). The zero-order chi connectivity index (χ0) is 14.1. The second kappa shape index (κ2) is 4.66. The van der Waals surface area contributed by atoms with E-state index in [1.165, 1.54) is 0 Å². The van der Waals surface area contributed by atoms with Gasteiger partial charge in [0.2, 0.25) is 0 Å². The Morgan fingerprint density at radius 1 is 1.05 bits per heavy atom. The predicted molar refractivity (Wildman–Crippen MR) is 77.7 cm³/mol. The van der Waals surface area contributed by atoms with Gasteiger partial charge in [-0.3, -0.25) is 4.57 Å². The molecule has 0 spiro atoms. The Kier molecular flexibility index (Phi) is 2.84. The molecule has 0 aliphatic carbocycles. The van der Waals surface area contributed by atoms with Crippen molar-refractivity contribution in [2.75, 3.05) is 0 Å². The van der Waals surface area contributed by atoms with E-state index in [1.54, 1.807) is 0 Å². The molecular formula is C16H12N2O2. The first-order valence-electron chi connectivity index (χ1n) is 6.14. The number of carbonyl (C=O) groups is 1. The van der Waals surface area contributed by atoms with E-state index in [0.29, 0.717) is 5.82 Å². The van der Waals surface area contributed by atoms with Gasteiger partial charge in [0.1, 0.15) is 0 Å². The van der Waals surface area contributed by atoms with Crippen LogP contribution in [0.1, 0.15) is 5.82 Å². The molecule has 1 N–H and O–H groups in total. The van der Waals surface area contributed by atoms with Crippen LogP contribution >= 0.6 is 0 Å². The van der Waals surface area contributed by atoms with Crippen molar-refractivity contribution in [2.24, 2.45) is 0 Å². The van der Waals surface area contributed by atoms with Crippen LogP contribution in [-0.4, -0.2) is 20.6 Å². The maximum Gasteiger partial charge on any atom is 0.338 e. The van der Waals surface area contributed by atoms with Crippen molar-refractivity contribution in [3.05, 3.63) is 67.0 Å². The van der Waals surface area contributed by atoms with Gasteiger partial charge in [-0.1, -0.05) is 36.9 Å². The first-order valence-corrected chi connectivity index (χ1v) is 6.14. The summed E-state index contributed by atoms with van der Waals surface area (Å²) in [5, 5.41) is 9.18. The van der Waals surface area contributed by atoms with E-state index < -0.39 is 5.97 Å². The lowest BCUT2D eigenvalue weighted by molar-refractivity contribution is -0.130. The van der Waals surface area contributed by atoms with Crippen LogP contribution in [0, 0.1) is 0 Å². The molecule has 0 unspecified atom stereocenters. The first kappa shape index (κ1) is 12.2. The van der Waals surface area contributed by atoms with Gasteiger partial charge in [0.15, 0.2) is 5.82 Å². The molecular weight excluding hydrogens is 252 g/mol. The Morgan fingerprint density at radius 2 is 1.70 bits per heavy atom. The molecule has 1 aromatic heterocycles. The number of nitrogens with zero attached hydrogens (tertiary/aromatic N) is 2. The number of aromatic nitrogens is 2. The Balaban J connectivity index is 2.35. The van der Waals surface area contributed by atoms with Gasteiger partial charge in [-0.25, -0.2) is 9.78 Å². The van der Waals surface area contributed by atoms with Crippen molar-refractivity contribution in [1.82, 2.24) is 9.55 Å². The number of aliphatic carboxylic acids is 1. The Bertz CT molecular complexity index is 804. The summed E-state index contributed by atoms with van der Waals surface area (Å²) in [6, 6.07) is 17.1. The summed E-state index contributed by atoms with van der Waals surface area (Å²) in [5.41, 5.74) is 2.44. The molecule has 1 heterocycles. The molecule has 0 bridgehead atoms. The average molecular weight is 264 g/mol.